The monoisotopic (exact) mass is 415 g/mol. The van der Waals surface area contributed by atoms with Gasteiger partial charge in [-0.15, -0.1) is 11.3 Å². The summed E-state index contributed by atoms with van der Waals surface area (Å²) < 4.78 is 1.19. The topological polar surface area (TPSA) is 139 Å². The first kappa shape index (κ1) is 20.2. The number of rotatable bonds is 7. The highest BCUT2D eigenvalue weighted by Crippen LogP contribution is 2.22. The van der Waals surface area contributed by atoms with E-state index in [1.54, 1.807) is 0 Å². The number of carboxylic acid groups (broad SMARTS) is 2. The molecule has 3 rings (SSSR count). The number of carboxylic acids is 2. The number of anilines is 1. The molecule has 0 unspecified atom stereocenters. The van der Waals surface area contributed by atoms with Crippen molar-refractivity contribution >= 4 is 45.1 Å². The zero-order valence-electron chi connectivity index (χ0n) is 15.3. The number of thiophene rings is 1. The average Bonchev–Trinajstić information content (AvgIpc) is 3.10. The summed E-state index contributed by atoms with van der Waals surface area (Å²) in [5.74, 6) is -2.42. The molecule has 0 aliphatic heterocycles. The number of amides is 1. The summed E-state index contributed by atoms with van der Waals surface area (Å²) in [6, 6.07) is 5.59. The fourth-order valence-electron chi connectivity index (χ4n) is 2.84. The van der Waals surface area contributed by atoms with E-state index in [-0.39, 0.29) is 23.1 Å². The maximum Gasteiger partial charge on any atom is 0.337 e. The van der Waals surface area contributed by atoms with Gasteiger partial charge in [0.1, 0.15) is 17.2 Å². The SMILES string of the molecule is CCCc1nc2scc(C(=O)O)c2c(=O)n1CC(=O)Nc1ccc(C(=O)O)cc1. The molecule has 3 aromatic rings. The zero-order valence-corrected chi connectivity index (χ0v) is 16.2. The Morgan fingerprint density at radius 3 is 2.41 bits per heavy atom. The molecule has 0 atom stereocenters. The molecule has 2 heterocycles. The van der Waals surface area contributed by atoms with Gasteiger partial charge in [-0.2, -0.15) is 0 Å². The maximum absolute atomic E-state index is 12.9. The van der Waals surface area contributed by atoms with Gasteiger partial charge in [0.15, 0.2) is 0 Å². The Balaban J connectivity index is 1.94. The van der Waals surface area contributed by atoms with Crippen molar-refractivity contribution in [1.29, 1.82) is 0 Å². The molecule has 29 heavy (non-hydrogen) atoms. The Morgan fingerprint density at radius 1 is 1.14 bits per heavy atom. The lowest BCUT2D eigenvalue weighted by atomic mass is 10.2. The van der Waals surface area contributed by atoms with Crippen molar-refractivity contribution < 1.29 is 24.6 Å². The fraction of sp³-hybridized carbons (Fsp3) is 0.211. The third-order valence-electron chi connectivity index (χ3n) is 4.19. The van der Waals surface area contributed by atoms with Crippen LogP contribution in [-0.4, -0.2) is 37.6 Å². The number of hydrogen-bond acceptors (Lipinski definition) is 6. The van der Waals surface area contributed by atoms with Crippen molar-refractivity contribution in [2.45, 2.75) is 26.3 Å². The smallest absolute Gasteiger partial charge is 0.337 e. The number of hydrogen-bond donors (Lipinski definition) is 3. The number of nitrogens with one attached hydrogen (secondary N) is 1. The molecule has 0 aliphatic rings. The summed E-state index contributed by atoms with van der Waals surface area (Å²) in [6.07, 6.45) is 1.14. The van der Waals surface area contributed by atoms with E-state index in [4.69, 9.17) is 5.11 Å². The number of aromatic nitrogens is 2. The first-order chi connectivity index (χ1) is 13.8. The summed E-state index contributed by atoms with van der Waals surface area (Å²) in [7, 11) is 0. The molecule has 2 aromatic heterocycles. The summed E-state index contributed by atoms with van der Waals surface area (Å²) in [5.41, 5.74) is -0.254. The lowest BCUT2D eigenvalue weighted by Gasteiger charge is -2.12. The molecular formula is C19H17N3O6S. The molecule has 1 amide bonds. The van der Waals surface area contributed by atoms with E-state index >= 15 is 0 Å². The van der Waals surface area contributed by atoms with Crippen LogP contribution in [0.4, 0.5) is 5.69 Å². The molecule has 10 heteroatoms. The molecule has 0 spiro atoms. The summed E-state index contributed by atoms with van der Waals surface area (Å²) in [5, 5.41) is 22.2. The lowest BCUT2D eigenvalue weighted by molar-refractivity contribution is -0.116. The van der Waals surface area contributed by atoms with Gasteiger partial charge in [-0.1, -0.05) is 6.92 Å². The van der Waals surface area contributed by atoms with E-state index in [0.717, 1.165) is 11.3 Å². The Morgan fingerprint density at radius 2 is 1.83 bits per heavy atom. The Bertz CT molecular complexity index is 1160. The van der Waals surface area contributed by atoms with Gasteiger partial charge in [0, 0.05) is 17.5 Å². The average molecular weight is 415 g/mol. The number of aryl methyl sites for hydroxylation is 1. The van der Waals surface area contributed by atoms with Crippen molar-refractivity contribution in [1.82, 2.24) is 9.55 Å². The first-order valence-electron chi connectivity index (χ1n) is 8.69. The fourth-order valence-corrected chi connectivity index (χ4v) is 3.76. The van der Waals surface area contributed by atoms with Crippen LogP contribution in [-0.2, 0) is 17.8 Å². The molecule has 1 aromatic carbocycles. The van der Waals surface area contributed by atoms with Crippen LogP contribution < -0.4 is 10.9 Å². The molecule has 0 bridgehead atoms. The second kappa shape index (κ2) is 8.23. The number of aromatic carboxylic acids is 2. The number of nitrogens with zero attached hydrogens (tertiary/aromatic N) is 2. The number of fused-ring (bicyclic) bond motifs is 1. The van der Waals surface area contributed by atoms with Crippen LogP contribution >= 0.6 is 11.3 Å². The van der Waals surface area contributed by atoms with Gasteiger partial charge in [0.05, 0.1) is 16.5 Å². The highest BCUT2D eigenvalue weighted by Gasteiger charge is 2.20. The third kappa shape index (κ3) is 4.16. The van der Waals surface area contributed by atoms with E-state index in [2.05, 4.69) is 10.3 Å². The van der Waals surface area contributed by atoms with Crippen molar-refractivity contribution in [3.8, 4) is 0 Å². The van der Waals surface area contributed by atoms with Crippen LogP contribution in [0.1, 0.15) is 39.9 Å². The van der Waals surface area contributed by atoms with Gasteiger partial charge in [-0.25, -0.2) is 14.6 Å². The minimum absolute atomic E-state index is 0.0130. The van der Waals surface area contributed by atoms with Gasteiger partial charge in [0.2, 0.25) is 5.91 Å². The largest absolute Gasteiger partial charge is 0.478 e. The van der Waals surface area contributed by atoms with Gasteiger partial charge >= 0.3 is 11.9 Å². The standard InChI is InChI=1S/C19H17N3O6S/c1-2-3-13-21-16-15(12(9-29-16)19(27)28)17(24)22(13)8-14(23)20-11-6-4-10(5-7-11)18(25)26/h4-7,9H,2-3,8H2,1H3,(H,20,23)(H,25,26)(H,27,28). The van der Waals surface area contributed by atoms with Crippen molar-refractivity contribution in [3.63, 3.8) is 0 Å². The summed E-state index contributed by atoms with van der Waals surface area (Å²) >= 11 is 1.08. The molecule has 0 aliphatic carbocycles. The maximum atomic E-state index is 12.9. The minimum atomic E-state index is -1.23. The Hall–Kier alpha value is -3.53. The van der Waals surface area contributed by atoms with E-state index < -0.39 is 23.4 Å². The molecule has 3 N–H and O–H groups in total. The molecule has 0 fully saturated rings. The quantitative estimate of drug-likeness (QED) is 0.539. The van der Waals surface area contributed by atoms with E-state index in [1.807, 2.05) is 6.92 Å². The van der Waals surface area contributed by atoms with Crippen LogP contribution in [0, 0.1) is 0 Å². The molecule has 0 radical (unpaired) electrons. The predicted molar refractivity (Wildman–Crippen MR) is 107 cm³/mol. The normalized spacial score (nSPS) is 10.8. The van der Waals surface area contributed by atoms with Crippen molar-refractivity contribution in [3.05, 3.63) is 57.0 Å². The van der Waals surface area contributed by atoms with Crippen LogP contribution in [0.3, 0.4) is 0 Å². The van der Waals surface area contributed by atoms with Crippen LogP contribution in [0.15, 0.2) is 34.4 Å². The van der Waals surface area contributed by atoms with Crippen molar-refractivity contribution in [2.75, 3.05) is 5.32 Å². The van der Waals surface area contributed by atoms with E-state index in [0.29, 0.717) is 29.2 Å². The lowest BCUT2D eigenvalue weighted by Crippen LogP contribution is -2.31. The second-order valence-corrected chi connectivity index (χ2v) is 7.09. The van der Waals surface area contributed by atoms with Gasteiger partial charge < -0.3 is 15.5 Å². The second-order valence-electron chi connectivity index (χ2n) is 6.23. The molecule has 0 saturated heterocycles. The van der Waals surface area contributed by atoms with E-state index in [9.17, 15) is 24.3 Å². The third-order valence-corrected chi connectivity index (χ3v) is 5.07. The van der Waals surface area contributed by atoms with Gasteiger partial charge in [0.25, 0.3) is 5.56 Å². The van der Waals surface area contributed by atoms with Crippen LogP contribution in [0.5, 0.6) is 0 Å². The predicted octanol–water partition coefficient (Wildman–Crippen LogP) is 2.45. The van der Waals surface area contributed by atoms with Crippen LogP contribution in [0.25, 0.3) is 10.2 Å². The van der Waals surface area contributed by atoms with Gasteiger partial charge in [-0.3, -0.25) is 14.2 Å². The number of carbonyl (C=O) groups excluding carboxylic acids is 1. The molecule has 0 saturated carbocycles. The van der Waals surface area contributed by atoms with Gasteiger partial charge in [-0.05, 0) is 30.7 Å². The zero-order chi connectivity index (χ0) is 21.1. The molecular weight excluding hydrogens is 398 g/mol. The first-order valence-corrected chi connectivity index (χ1v) is 9.57. The van der Waals surface area contributed by atoms with Crippen molar-refractivity contribution in [2.24, 2.45) is 0 Å². The Kier molecular flexibility index (Phi) is 5.74. The number of benzene rings is 1. The Labute approximate surface area is 168 Å². The highest BCUT2D eigenvalue weighted by atomic mass is 32.1. The molecule has 150 valence electrons. The van der Waals surface area contributed by atoms with Crippen LogP contribution in [0.2, 0.25) is 0 Å². The number of carbonyl (C=O) groups is 3. The summed E-state index contributed by atoms with van der Waals surface area (Å²) in [6.45, 7) is 1.56. The highest BCUT2D eigenvalue weighted by molar-refractivity contribution is 7.17. The molecule has 9 nitrogen and oxygen atoms in total. The minimum Gasteiger partial charge on any atom is -0.478 e. The summed E-state index contributed by atoms with van der Waals surface area (Å²) in [4.78, 5) is 52.4. The van der Waals surface area contributed by atoms with E-state index in [1.165, 1.54) is 34.2 Å².